The lowest BCUT2D eigenvalue weighted by molar-refractivity contribution is -0.147. The third kappa shape index (κ3) is 3.20. The van der Waals surface area contributed by atoms with E-state index in [-0.39, 0.29) is 12.5 Å². The molecule has 0 spiro atoms. The number of hydrogen-bond donors (Lipinski definition) is 2. The van der Waals surface area contributed by atoms with E-state index >= 15 is 0 Å². The van der Waals surface area contributed by atoms with Gasteiger partial charge in [0, 0.05) is 0 Å². The third-order valence-electron chi connectivity index (χ3n) is 2.93. The van der Waals surface area contributed by atoms with Crippen molar-refractivity contribution in [3.05, 3.63) is 24.3 Å². The van der Waals surface area contributed by atoms with Crippen molar-refractivity contribution in [3.63, 3.8) is 0 Å². The molecule has 0 radical (unpaired) electrons. The van der Waals surface area contributed by atoms with Crippen LogP contribution in [-0.4, -0.2) is 37.2 Å². The van der Waals surface area contributed by atoms with Crippen LogP contribution < -0.4 is 15.4 Å². The van der Waals surface area contributed by atoms with Gasteiger partial charge in [-0.15, -0.1) is 0 Å². The first-order valence-electron chi connectivity index (χ1n) is 6.58. The Morgan fingerprint density at radius 1 is 1.50 bits per heavy atom. The third-order valence-corrected chi connectivity index (χ3v) is 2.93. The number of amides is 1. The minimum atomic E-state index is -0.691. The Balaban J connectivity index is 1.93. The number of nitrogens with one attached hydrogen (secondary N) is 2. The van der Waals surface area contributed by atoms with Crippen LogP contribution in [0, 0.1) is 0 Å². The molecule has 2 rings (SSSR count). The van der Waals surface area contributed by atoms with Gasteiger partial charge in [-0.25, -0.2) is 4.79 Å². The molecule has 108 valence electrons. The maximum absolute atomic E-state index is 12.0. The predicted octanol–water partition coefficient (Wildman–Crippen LogP) is 0.927. The second kappa shape index (κ2) is 6.27. The Morgan fingerprint density at radius 3 is 3.00 bits per heavy atom. The number of esters is 1. The molecular formula is C14H18N2O4. The van der Waals surface area contributed by atoms with Crippen molar-refractivity contribution in [2.75, 3.05) is 18.5 Å². The standard InChI is InChI=1S/C14H18N2O4/c1-3-19-14(18)9(2)16-13(17)12-8-15-10-6-4-5-7-11(10)20-12/h4-7,9,12,15H,3,8H2,1-2H3,(H,16,17). The lowest BCUT2D eigenvalue weighted by Crippen LogP contribution is -2.49. The Hall–Kier alpha value is -2.24. The first-order valence-corrected chi connectivity index (χ1v) is 6.58. The quantitative estimate of drug-likeness (QED) is 0.801. The van der Waals surface area contributed by atoms with Gasteiger partial charge in [-0.05, 0) is 26.0 Å². The van der Waals surface area contributed by atoms with E-state index in [1.165, 1.54) is 0 Å². The molecule has 0 saturated carbocycles. The van der Waals surface area contributed by atoms with Gasteiger partial charge < -0.3 is 20.1 Å². The van der Waals surface area contributed by atoms with Crippen molar-refractivity contribution in [1.29, 1.82) is 0 Å². The van der Waals surface area contributed by atoms with Gasteiger partial charge in [0.05, 0.1) is 18.8 Å². The Morgan fingerprint density at radius 2 is 2.25 bits per heavy atom. The summed E-state index contributed by atoms with van der Waals surface area (Å²) < 4.78 is 10.4. The maximum Gasteiger partial charge on any atom is 0.328 e. The van der Waals surface area contributed by atoms with Crippen LogP contribution in [0.5, 0.6) is 5.75 Å². The Labute approximate surface area is 117 Å². The molecule has 0 aromatic heterocycles. The zero-order chi connectivity index (χ0) is 14.5. The highest BCUT2D eigenvalue weighted by Crippen LogP contribution is 2.28. The largest absolute Gasteiger partial charge is 0.477 e. The summed E-state index contributed by atoms with van der Waals surface area (Å²) >= 11 is 0. The fraction of sp³-hybridized carbons (Fsp3) is 0.429. The molecule has 6 heteroatoms. The topological polar surface area (TPSA) is 76.7 Å². The molecule has 1 amide bonds. The van der Waals surface area contributed by atoms with Crippen LogP contribution in [0.2, 0.25) is 0 Å². The van der Waals surface area contributed by atoms with E-state index in [2.05, 4.69) is 10.6 Å². The van der Waals surface area contributed by atoms with Gasteiger partial charge in [-0.2, -0.15) is 0 Å². The SMILES string of the molecule is CCOC(=O)C(C)NC(=O)C1CNc2ccccc2O1. The zero-order valence-electron chi connectivity index (χ0n) is 11.5. The summed E-state index contributed by atoms with van der Waals surface area (Å²) in [4.78, 5) is 23.5. The lowest BCUT2D eigenvalue weighted by atomic mass is 10.2. The second-order valence-electron chi connectivity index (χ2n) is 4.47. The first kappa shape index (κ1) is 14.2. The van der Waals surface area contributed by atoms with Gasteiger partial charge in [-0.3, -0.25) is 4.79 Å². The summed E-state index contributed by atoms with van der Waals surface area (Å²) in [6.07, 6.45) is -0.665. The number of fused-ring (bicyclic) bond motifs is 1. The van der Waals surface area contributed by atoms with E-state index in [0.29, 0.717) is 12.3 Å². The van der Waals surface area contributed by atoms with Crippen LogP contribution in [0.4, 0.5) is 5.69 Å². The van der Waals surface area contributed by atoms with E-state index in [4.69, 9.17) is 9.47 Å². The fourth-order valence-electron chi connectivity index (χ4n) is 1.89. The highest BCUT2D eigenvalue weighted by atomic mass is 16.5. The number of hydrogen-bond acceptors (Lipinski definition) is 5. The molecule has 1 heterocycles. The molecule has 1 aliphatic rings. The summed E-state index contributed by atoms with van der Waals surface area (Å²) in [5.41, 5.74) is 0.856. The van der Waals surface area contributed by atoms with Crippen molar-refractivity contribution >= 4 is 17.6 Å². The zero-order valence-corrected chi connectivity index (χ0v) is 11.5. The molecule has 1 aromatic carbocycles. The summed E-state index contributed by atoms with van der Waals surface area (Å²) in [6, 6.07) is 6.70. The molecule has 1 aliphatic heterocycles. The second-order valence-corrected chi connectivity index (χ2v) is 4.47. The molecule has 0 saturated heterocycles. The number of benzene rings is 1. The molecule has 1 aromatic rings. The molecule has 0 bridgehead atoms. The van der Waals surface area contributed by atoms with Crippen molar-refractivity contribution in [2.45, 2.75) is 26.0 Å². The van der Waals surface area contributed by atoms with E-state index in [0.717, 1.165) is 5.69 Å². The summed E-state index contributed by atoms with van der Waals surface area (Å²) in [6.45, 7) is 3.95. The highest BCUT2D eigenvalue weighted by molar-refractivity contribution is 5.88. The van der Waals surface area contributed by atoms with Crippen molar-refractivity contribution in [2.24, 2.45) is 0 Å². The maximum atomic E-state index is 12.0. The molecule has 6 nitrogen and oxygen atoms in total. The van der Waals surface area contributed by atoms with Crippen LogP contribution in [-0.2, 0) is 14.3 Å². The van der Waals surface area contributed by atoms with E-state index in [9.17, 15) is 9.59 Å². The van der Waals surface area contributed by atoms with Crippen LogP contribution >= 0.6 is 0 Å². The molecule has 2 atom stereocenters. The first-order chi connectivity index (χ1) is 9.61. The smallest absolute Gasteiger partial charge is 0.328 e. The van der Waals surface area contributed by atoms with Crippen molar-refractivity contribution < 1.29 is 19.1 Å². The minimum Gasteiger partial charge on any atom is -0.477 e. The van der Waals surface area contributed by atoms with Gasteiger partial charge in [0.2, 0.25) is 0 Å². The predicted molar refractivity (Wildman–Crippen MR) is 73.6 cm³/mol. The van der Waals surface area contributed by atoms with Crippen LogP contribution in [0.3, 0.4) is 0 Å². The van der Waals surface area contributed by atoms with Gasteiger partial charge >= 0.3 is 5.97 Å². The summed E-state index contributed by atoms with van der Waals surface area (Å²) in [5, 5.41) is 5.71. The molecule has 0 fully saturated rings. The van der Waals surface area contributed by atoms with Gasteiger partial charge in [0.1, 0.15) is 11.8 Å². The van der Waals surface area contributed by atoms with Crippen molar-refractivity contribution in [1.82, 2.24) is 5.32 Å². The molecule has 0 aliphatic carbocycles. The van der Waals surface area contributed by atoms with Crippen LogP contribution in [0.25, 0.3) is 0 Å². The van der Waals surface area contributed by atoms with Gasteiger partial charge in [0.15, 0.2) is 6.10 Å². The number of ether oxygens (including phenoxy) is 2. The molecule has 2 unspecified atom stereocenters. The molecular weight excluding hydrogens is 260 g/mol. The minimum absolute atomic E-state index is 0.286. The average molecular weight is 278 g/mol. The number of para-hydroxylation sites is 2. The van der Waals surface area contributed by atoms with E-state index < -0.39 is 18.1 Å². The number of anilines is 1. The van der Waals surface area contributed by atoms with E-state index in [1.807, 2.05) is 18.2 Å². The Kier molecular flexibility index (Phi) is 4.45. The van der Waals surface area contributed by atoms with Gasteiger partial charge in [0.25, 0.3) is 5.91 Å². The average Bonchev–Trinajstić information content (AvgIpc) is 2.46. The highest BCUT2D eigenvalue weighted by Gasteiger charge is 2.28. The van der Waals surface area contributed by atoms with Crippen molar-refractivity contribution in [3.8, 4) is 5.75 Å². The Bertz CT molecular complexity index is 504. The monoisotopic (exact) mass is 278 g/mol. The number of carbonyl (C=O) groups is 2. The van der Waals surface area contributed by atoms with E-state index in [1.54, 1.807) is 19.9 Å². The normalized spacial score (nSPS) is 18.0. The molecule has 20 heavy (non-hydrogen) atoms. The molecule has 2 N–H and O–H groups in total. The summed E-state index contributed by atoms with van der Waals surface area (Å²) in [7, 11) is 0. The lowest BCUT2D eigenvalue weighted by Gasteiger charge is -2.27. The summed E-state index contributed by atoms with van der Waals surface area (Å²) in [5.74, 6) is -0.166. The number of carbonyl (C=O) groups excluding carboxylic acids is 2. The van der Waals surface area contributed by atoms with Crippen LogP contribution in [0.1, 0.15) is 13.8 Å². The fourth-order valence-corrected chi connectivity index (χ4v) is 1.89. The van der Waals surface area contributed by atoms with Crippen LogP contribution in [0.15, 0.2) is 24.3 Å². The number of rotatable bonds is 4. The van der Waals surface area contributed by atoms with Gasteiger partial charge in [-0.1, -0.05) is 12.1 Å².